The van der Waals surface area contributed by atoms with Crippen molar-refractivity contribution >= 4 is 11.9 Å². The van der Waals surface area contributed by atoms with Gasteiger partial charge in [-0.15, -0.1) is 0 Å². The van der Waals surface area contributed by atoms with Crippen LogP contribution in [-0.4, -0.2) is 77.5 Å². The molecule has 1 unspecified atom stereocenters. The zero-order valence-corrected chi connectivity index (χ0v) is 18.5. The molecule has 3 heterocycles. The van der Waals surface area contributed by atoms with Crippen molar-refractivity contribution in [2.75, 3.05) is 19.8 Å². The Morgan fingerprint density at radius 1 is 1.00 bits per heavy atom. The summed E-state index contributed by atoms with van der Waals surface area (Å²) in [6.45, 7) is 4.02. The third-order valence-corrected chi connectivity index (χ3v) is 4.91. The van der Waals surface area contributed by atoms with Crippen LogP contribution in [0.4, 0.5) is 0 Å². The molecule has 0 aliphatic carbocycles. The highest BCUT2D eigenvalue weighted by Gasteiger charge is 2.50. The Morgan fingerprint density at radius 2 is 1.61 bits per heavy atom. The van der Waals surface area contributed by atoms with Crippen LogP contribution in [0, 0.1) is 0 Å². The number of pyridine rings is 2. The summed E-state index contributed by atoms with van der Waals surface area (Å²) >= 11 is 0. The van der Waals surface area contributed by atoms with E-state index in [1.165, 1.54) is 49.1 Å². The Morgan fingerprint density at radius 3 is 2.18 bits per heavy atom. The summed E-state index contributed by atoms with van der Waals surface area (Å²) in [5.41, 5.74) is 0.559. The first kappa shape index (κ1) is 24.7. The highest BCUT2D eigenvalue weighted by Crippen LogP contribution is 2.29. The third kappa shape index (κ3) is 6.55. The minimum Gasteiger partial charge on any atom is -0.458 e. The van der Waals surface area contributed by atoms with E-state index in [1.807, 2.05) is 6.92 Å². The number of aliphatic hydroxyl groups is 1. The Labute approximate surface area is 191 Å². The molecular weight excluding hydrogens is 432 g/mol. The minimum atomic E-state index is -1.11. The number of carbonyl (C=O) groups is 2. The van der Waals surface area contributed by atoms with Gasteiger partial charge in [0.1, 0.15) is 24.9 Å². The molecule has 1 saturated heterocycles. The highest BCUT2D eigenvalue weighted by atomic mass is 16.7. The molecule has 1 aliphatic rings. The summed E-state index contributed by atoms with van der Waals surface area (Å²) in [4.78, 5) is 33.0. The number of aliphatic hydroxyl groups excluding tert-OH is 1. The molecule has 33 heavy (non-hydrogen) atoms. The monoisotopic (exact) mass is 460 g/mol. The molecule has 10 heteroatoms. The lowest BCUT2D eigenvalue weighted by atomic mass is 10.1. The Balaban J connectivity index is 1.80. The molecule has 0 spiro atoms. The number of rotatable bonds is 11. The van der Waals surface area contributed by atoms with Crippen molar-refractivity contribution in [2.24, 2.45) is 0 Å². The van der Waals surface area contributed by atoms with Crippen LogP contribution in [0.15, 0.2) is 49.1 Å². The van der Waals surface area contributed by atoms with Crippen molar-refractivity contribution in [3.63, 3.8) is 0 Å². The molecule has 0 bridgehead atoms. The normalized spacial score (nSPS) is 23.1. The zero-order valence-electron chi connectivity index (χ0n) is 18.5. The molecule has 10 nitrogen and oxygen atoms in total. The molecule has 0 amide bonds. The molecular formula is C23H28N2O8. The lowest BCUT2D eigenvalue weighted by Crippen LogP contribution is -2.45. The van der Waals surface area contributed by atoms with Crippen molar-refractivity contribution in [3.8, 4) is 0 Å². The first-order valence-electron chi connectivity index (χ1n) is 10.8. The summed E-state index contributed by atoms with van der Waals surface area (Å²) in [6.07, 6.45) is 1.62. The predicted octanol–water partition coefficient (Wildman–Crippen LogP) is 1.78. The van der Waals surface area contributed by atoms with E-state index in [9.17, 15) is 14.7 Å². The van der Waals surface area contributed by atoms with E-state index in [1.54, 1.807) is 6.92 Å². The molecule has 178 valence electrons. The molecule has 0 radical (unpaired) electrons. The smallest absolute Gasteiger partial charge is 0.338 e. The number of ether oxygens (including phenoxy) is 5. The Bertz CT molecular complexity index is 883. The van der Waals surface area contributed by atoms with E-state index >= 15 is 0 Å². The van der Waals surface area contributed by atoms with Crippen LogP contribution < -0.4 is 0 Å². The van der Waals surface area contributed by atoms with Crippen molar-refractivity contribution in [1.29, 1.82) is 0 Å². The molecule has 0 saturated carbocycles. The summed E-state index contributed by atoms with van der Waals surface area (Å²) in [5, 5.41) is 10.7. The molecule has 0 aromatic carbocycles. The fraction of sp³-hybridized carbons (Fsp3) is 0.478. The molecule has 3 rings (SSSR count). The number of aromatic nitrogens is 2. The quantitative estimate of drug-likeness (QED) is 0.496. The summed E-state index contributed by atoms with van der Waals surface area (Å²) in [5.74, 6) is -1.28. The van der Waals surface area contributed by atoms with Crippen LogP contribution >= 0.6 is 0 Å². The van der Waals surface area contributed by atoms with E-state index in [2.05, 4.69) is 9.97 Å². The van der Waals surface area contributed by atoms with Crippen LogP contribution in [0.2, 0.25) is 0 Å². The zero-order chi connectivity index (χ0) is 23.6. The van der Waals surface area contributed by atoms with E-state index in [0.717, 1.165) is 0 Å². The number of hydrogen-bond donors (Lipinski definition) is 1. The van der Waals surface area contributed by atoms with E-state index in [-0.39, 0.29) is 12.2 Å². The fourth-order valence-electron chi connectivity index (χ4n) is 3.33. The highest BCUT2D eigenvalue weighted by molar-refractivity contribution is 5.90. The summed E-state index contributed by atoms with van der Waals surface area (Å²) < 4.78 is 28.2. The maximum Gasteiger partial charge on any atom is 0.338 e. The van der Waals surface area contributed by atoms with Crippen LogP contribution in [-0.2, 0) is 23.7 Å². The third-order valence-electron chi connectivity index (χ3n) is 4.91. The van der Waals surface area contributed by atoms with Gasteiger partial charge < -0.3 is 28.8 Å². The number of nitrogens with zero attached hydrogens (tertiary/aromatic N) is 2. The van der Waals surface area contributed by atoms with Gasteiger partial charge in [0.25, 0.3) is 0 Å². The van der Waals surface area contributed by atoms with Gasteiger partial charge in [0.2, 0.25) is 0 Å². The van der Waals surface area contributed by atoms with Gasteiger partial charge in [-0.3, -0.25) is 9.97 Å². The van der Waals surface area contributed by atoms with Crippen molar-refractivity contribution in [3.05, 3.63) is 60.2 Å². The van der Waals surface area contributed by atoms with Gasteiger partial charge in [-0.1, -0.05) is 6.92 Å². The molecule has 1 N–H and O–H groups in total. The first-order chi connectivity index (χ1) is 16.0. The Kier molecular flexibility index (Phi) is 9.25. The maximum absolute atomic E-state index is 12.7. The molecule has 5 atom stereocenters. The summed E-state index contributed by atoms with van der Waals surface area (Å²) in [7, 11) is 0. The largest absolute Gasteiger partial charge is 0.458 e. The SMILES string of the molecule is CCCO[C@H]1[C@@H]([C@@H](COC(=O)c2ccncc2)OC(=O)c2ccncc2)OC(OCC)[C@@H]1O. The van der Waals surface area contributed by atoms with Crippen molar-refractivity contribution in [1.82, 2.24) is 9.97 Å². The van der Waals surface area contributed by atoms with Gasteiger partial charge >= 0.3 is 11.9 Å². The van der Waals surface area contributed by atoms with Crippen LogP contribution in [0.5, 0.6) is 0 Å². The van der Waals surface area contributed by atoms with E-state index in [0.29, 0.717) is 25.2 Å². The van der Waals surface area contributed by atoms with Crippen LogP contribution in [0.3, 0.4) is 0 Å². The average molecular weight is 460 g/mol. The standard InChI is InChI=1S/C23H28N2O8/c1-3-13-30-20-18(26)23(29-4-2)33-19(20)17(32-22(28)16-7-11-25-12-8-16)14-31-21(27)15-5-9-24-10-6-15/h5-12,17-20,23,26H,3-4,13-14H2,1-2H3/t17-,18-,19-,20-,23?/m1/s1. The molecule has 1 fully saturated rings. The lowest BCUT2D eigenvalue weighted by Gasteiger charge is -2.27. The second-order valence-electron chi connectivity index (χ2n) is 7.26. The average Bonchev–Trinajstić information content (AvgIpc) is 3.16. The van der Waals surface area contributed by atoms with Gasteiger partial charge in [0.05, 0.1) is 11.1 Å². The van der Waals surface area contributed by atoms with E-state index in [4.69, 9.17) is 23.7 Å². The molecule has 2 aromatic rings. The molecule has 1 aliphatic heterocycles. The summed E-state index contributed by atoms with van der Waals surface area (Å²) in [6, 6.07) is 6.02. The Hall–Kier alpha value is -2.92. The van der Waals surface area contributed by atoms with Crippen molar-refractivity contribution in [2.45, 2.75) is 51.0 Å². The van der Waals surface area contributed by atoms with Gasteiger partial charge in [-0.2, -0.15) is 0 Å². The minimum absolute atomic E-state index is 0.265. The first-order valence-corrected chi connectivity index (χ1v) is 10.8. The second kappa shape index (κ2) is 12.4. The van der Waals surface area contributed by atoms with Crippen LogP contribution in [0.1, 0.15) is 41.0 Å². The number of esters is 2. The fourth-order valence-corrected chi connectivity index (χ4v) is 3.33. The predicted molar refractivity (Wildman–Crippen MR) is 114 cm³/mol. The number of carbonyl (C=O) groups excluding carboxylic acids is 2. The van der Waals surface area contributed by atoms with Gasteiger partial charge in [0.15, 0.2) is 12.4 Å². The maximum atomic E-state index is 12.7. The van der Waals surface area contributed by atoms with E-state index < -0.39 is 42.6 Å². The van der Waals surface area contributed by atoms with Gasteiger partial charge in [0, 0.05) is 38.0 Å². The lowest BCUT2D eigenvalue weighted by molar-refractivity contribution is -0.178. The second-order valence-corrected chi connectivity index (χ2v) is 7.26. The number of hydrogen-bond acceptors (Lipinski definition) is 10. The van der Waals surface area contributed by atoms with Gasteiger partial charge in [-0.05, 0) is 37.6 Å². The van der Waals surface area contributed by atoms with Crippen molar-refractivity contribution < 1.29 is 38.4 Å². The topological polar surface area (TPSA) is 126 Å². The van der Waals surface area contributed by atoms with Crippen LogP contribution in [0.25, 0.3) is 0 Å². The molecule has 2 aromatic heterocycles. The van der Waals surface area contributed by atoms with Gasteiger partial charge in [-0.25, -0.2) is 9.59 Å².